The molecule has 2 heterocycles. The molecule has 0 atom stereocenters. The summed E-state index contributed by atoms with van der Waals surface area (Å²) in [5.74, 6) is 0.448. The third-order valence-electron chi connectivity index (χ3n) is 3.22. The second kappa shape index (κ2) is 6.97. The predicted octanol–water partition coefficient (Wildman–Crippen LogP) is 3.06. The van der Waals surface area contributed by atoms with Gasteiger partial charge in [-0.15, -0.1) is 0 Å². The molecular formula is C16H14N4O2S. The maximum atomic E-state index is 11.5. The van der Waals surface area contributed by atoms with Gasteiger partial charge in [0.05, 0.1) is 19.2 Å². The highest BCUT2D eigenvalue weighted by molar-refractivity contribution is 7.09. The van der Waals surface area contributed by atoms with Crippen molar-refractivity contribution in [1.29, 1.82) is 0 Å². The lowest BCUT2D eigenvalue weighted by Crippen LogP contribution is -2.17. The van der Waals surface area contributed by atoms with Gasteiger partial charge < -0.3 is 4.74 Å². The first kappa shape index (κ1) is 15.1. The van der Waals surface area contributed by atoms with Gasteiger partial charge in [-0.2, -0.15) is 4.37 Å². The number of nitrogens with zero attached hydrogens (tertiary/aromatic N) is 4. The summed E-state index contributed by atoms with van der Waals surface area (Å²) in [6.07, 6.45) is 3.26. The van der Waals surface area contributed by atoms with E-state index < -0.39 is 0 Å². The molecule has 6 nitrogen and oxygen atoms in total. The van der Waals surface area contributed by atoms with Gasteiger partial charge in [0.25, 0.3) is 0 Å². The molecule has 3 aromatic rings. The number of rotatable bonds is 5. The SMILES string of the molecule is COC(=O)c1ccc(CN(c2ccccn2)c2ncns2)cc1. The molecule has 116 valence electrons. The second-order valence-corrected chi connectivity index (χ2v) is 5.44. The lowest BCUT2D eigenvalue weighted by atomic mass is 10.1. The molecule has 0 unspecified atom stereocenters. The first-order chi connectivity index (χ1) is 11.3. The Morgan fingerprint density at radius 2 is 2.00 bits per heavy atom. The first-order valence-corrected chi connectivity index (χ1v) is 7.68. The third-order valence-corrected chi connectivity index (χ3v) is 3.91. The number of carbonyl (C=O) groups is 1. The van der Waals surface area contributed by atoms with Crippen molar-refractivity contribution in [3.8, 4) is 0 Å². The van der Waals surface area contributed by atoms with Crippen LogP contribution in [0.2, 0.25) is 0 Å². The number of ether oxygens (including phenoxy) is 1. The molecule has 3 rings (SSSR count). The summed E-state index contributed by atoms with van der Waals surface area (Å²) in [6.45, 7) is 0.577. The second-order valence-electron chi connectivity index (χ2n) is 4.69. The maximum Gasteiger partial charge on any atom is 0.337 e. The van der Waals surface area contributed by atoms with E-state index in [1.807, 2.05) is 35.2 Å². The minimum Gasteiger partial charge on any atom is -0.465 e. The lowest BCUT2D eigenvalue weighted by Gasteiger charge is -2.20. The summed E-state index contributed by atoms with van der Waals surface area (Å²) in [5, 5.41) is 0.765. The third kappa shape index (κ3) is 3.51. The molecule has 0 aliphatic carbocycles. The van der Waals surface area contributed by atoms with E-state index in [0.717, 1.165) is 16.5 Å². The van der Waals surface area contributed by atoms with Crippen LogP contribution in [-0.2, 0) is 11.3 Å². The van der Waals surface area contributed by atoms with Crippen molar-refractivity contribution in [3.05, 3.63) is 66.1 Å². The van der Waals surface area contributed by atoms with E-state index in [-0.39, 0.29) is 5.97 Å². The number of hydrogen-bond acceptors (Lipinski definition) is 7. The topological polar surface area (TPSA) is 68.2 Å². The van der Waals surface area contributed by atoms with Crippen molar-refractivity contribution in [1.82, 2.24) is 14.3 Å². The summed E-state index contributed by atoms with van der Waals surface area (Å²) < 4.78 is 8.77. The fourth-order valence-electron chi connectivity index (χ4n) is 2.09. The van der Waals surface area contributed by atoms with Crippen LogP contribution in [0.1, 0.15) is 15.9 Å². The van der Waals surface area contributed by atoms with E-state index >= 15 is 0 Å². The molecule has 0 spiro atoms. The molecule has 7 heteroatoms. The highest BCUT2D eigenvalue weighted by Crippen LogP contribution is 2.26. The Morgan fingerprint density at radius 1 is 1.17 bits per heavy atom. The van der Waals surface area contributed by atoms with Gasteiger partial charge in [-0.05, 0) is 29.8 Å². The number of methoxy groups -OCH3 is 1. The van der Waals surface area contributed by atoms with Gasteiger partial charge in [0.15, 0.2) is 0 Å². The van der Waals surface area contributed by atoms with E-state index in [0.29, 0.717) is 12.1 Å². The predicted molar refractivity (Wildman–Crippen MR) is 87.8 cm³/mol. The van der Waals surface area contributed by atoms with Crippen LogP contribution in [0.4, 0.5) is 10.9 Å². The molecule has 0 fully saturated rings. The van der Waals surface area contributed by atoms with Crippen molar-refractivity contribution in [2.24, 2.45) is 0 Å². The average Bonchev–Trinajstić information content (AvgIpc) is 3.14. The smallest absolute Gasteiger partial charge is 0.337 e. The van der Waals surface area contributed by atoms with E-state index in [2.05, 4.69) is 14.3 Å². The van der Waals surface area contributed by atoms with Gasteiger partial charge in [0.2, 0.25) is 5.13 Å². The Balaban J connectivity index is 1.86. The number of aromatic nitrogens is 3. The van der Waals surface area contributed by atoms with Gasteiger partial charge in [0, 0.05) is 17.7 Å². The minimum absolute atomic E-state index is 0.345. The van der Waals surface area contributed by atoms with Gasteiger partial charge in [-0.1, -0.05) is 18.2 Å². The van der Waals surface area contributed by atoms with Crippen LogP contribution in [-0.4, -0.2) is 27.4 Å². The normalized spacial score (nSPS) is 10.3. The van der Waals surface area contributed by atoms with Gasteiger partial charge in [-0.25, -0.2) is 14.8 Å². The van der Waals surface area contributed by atoms with Crippen LogP contribution in [0, 0.1) is 0 Å². The van der Waals surface area contributed by atoms with Crippen molar-refractivity contribution in [2.45, 2.75) is 6.54 Å². The van der Waals surface area contributed by atoms with E-state index in [1.54, 1.807) is 18.3 Å². The van der Waals surface area contributed by atoms with E-state index in [4.69, 9.17) is 4.74 Å². The number of pyridine rings is 1. The van der Waals surface area contributed by atoms with Crippen LogP contribution in [0.3, 0.4) is 0 Å². The lowest BCUT2D eigenvalue weighted by molar-refractivity contribution is 0.0600. The molecule has 0 saturated carbocycles. The largest absolute Gasteiger partial charge is 0.465 e. The van der Waals surface area contributed by atoms with Crippen LogP contribution in [0.5, 0.6) is 0 Å². The first-order valence-electron chi connectivity index (χ1n) is 6.90. The Kier molecular flexibility index (Phi) is 4.58. The highest BCUT2D eigenvalue weighted by Gasteiger charge is 2.14. The number of carbonyl (C=O) groups excluding carboxylic acids is 1. The van der Waals surface area contributed by atoms with Crippen molar-refractivity contribution >= 4 is 28.5 Å². The van der Waals surface area contributed by atoms with Gasteiger partial charge in [0.1, 0.15) is 12.1 Å². The van der Waals surface area contributed by atoms with Crippen molar-refractivity contribution in [3.63, 3.8) is 0 Å². The monoisotopic (exact) mass is 326 g/mol. The maximum absolute atomic E-state index is 11.5. The van der Waals surface area contributed by atoms with Gasteiger partial charge >= 0.3 is 5.97 Å². The Bertz CT molecular complexity index is 761. The number of esters is 1. The quantitative estimate of drug-likeness (QED) is 0.671. The van der Waals surface area contributed by atoms with Crippen molar-refractivity contribution < 1.29 is 9.53 Å². The van der Waals surface area contributed by atoms with Crippen LogP contribution in [0.25, 0.3) is 0 Å². The van der Waals surface area contributed by atoms with Crippen molar-refractivity contribution in [2.75, 3.05) is 12.0 Å². The average molecular weight is 326 g/mol. The summed E-state index contributed by atoms with van der Waals surface area (Å²) >= 11 is 1.31. The van der Waals surface area contributed by atoms with Gasteiger partial charge in [-0.3, -0.25) is 4.90 Å². The Hall–Kier alpha value is -2.80. The molecule has 0 saturated heterocycles. The summed E-state index contributed by atoms with van der Waals surface area (Å²) in [4.78, 5) is 22.1. The molecule has 23 heavy (non-hydrogen) atoms. The van der Waals surface area contributed by atoms with E-state index in [1.165, 1.54) is 25.0 Å². The number of anilines is 2. The summed E-state index contributed by atoms with van der Waals surface area (Å²) in [5.41, 5.74) is 1.55. The molecule has 0 aliphatic rings. The minimum atomic E-state index is -0.345. The van der Waals surface area contributed by atoms with E-state index in [9.17, 15) is 4.79 Å². The highest BCUT2D eigenvalue weighted by atomic mass is 32.1. The summed E-state index contributed by atoms with van der Waals surface area (Å²) in [7, 11) is 1.37. The zero-order valence-corrected chi connectivity index (χ0v) is 13.2. The Morgan fingerprint density at radius 3 is 2.61 bits per heavy atom. The fourth-order valence-corrected chi connectivity index (χ4v) is 2.63. The van der Waals surface area contributed by atoms with Crippen LogP contribution < -0.4 is 4.90 Å². The number of benzene rings is 1. The van der Waals surface area contributed by atoms with Crippen LogP contribution in [0.15, 0.2) is 55.0 Å². The molecule has 0 radical (unpaired) electrons. The van der Waals surface area contributed by atoms with Crippen LogP contribution >= 0.6 is 11.5 Å². The Labute approximate surface area is 137 Å². The molecule has 0 N–H and O–H groups in total. The standard InChI is InChI=1S/C16H14N4O2S/c1-22-15(21)13-7-5-12(6-8-13)10-20(16-18-11-19-23-16)14-4-2-3-9-17-14/h2-9,11H,10H2,1H3. The molecule has 0 amide bonds. The zero-order valence-electron chi connectivity index (χ0n) is 12.4. The zero-order chi connectivity index (χ0) is 16.1. The molecule has 2 aromatic heterocycles. The fraction of sp³-hybridized carbons (Fsp3) is 0.125. The molecular weight excluding hydrogens is 312 g/mol. The molecule has 0 aliphatic heterocycles. The number of hydrogen-bond donors (Lipinski definition) is 0. The molecule has 0 bridgehead atoms. The summed E-state index contributed by atoms with van der Waals surface area (Å²) in [6, 6.07) is 13.0. The molecule has 1 aromatic carbocycles.